The number of nitro groups is 1. The first-order chi connectivity index (χ1) is 17.3. The zero-order valence-corrected chi connectivity index (χ0v) is 21.2. The van der Waals surface area contributed by atoms with Crippen molar-refractivity contribution in [1.29, 1.82) is 0 Å². The minimum absolute atomic E-state index is 0.0889. The number of nitrogens with zero attached hydrogens (tertiary/aromatic N) is 1. The molecular weight excluding hydrogens is 452 g/mol. The van der Waals surface area contributed by atoms with Crippen molar-refractivity contribution in [3.8, 4) is 0 Å². The normalized spacial score (nSPS) is 59.4. The highest BCUT2D eigenvalue weighted by atomic mass is 16.6. The van der Waals surface area contributed by atoms with E-state index >= 15 is 0 Å². The highest BCUT2D eigenvalue weighted by Crippen LogP contribution is 2.95. The maximum Gasteiger partial charge on any atom is 0.292 e. The smallest absolute Gasteiger partial charge is 0.292 e. The summed E-state index contributed by atoms with van der Waals surface area (Å²) in [7, 11) is 0. The van der Waals surface area contributed by atoms with Crippen LogP contribution >= 0.6 is 0 Å². The van der Waals surface area contributed by atoms with Crippen LogP contribution in [-0.4, -0.2) is 28.4 Å². The molecule has 0 radical (unpaired) electrons. The molecule has 0 aliphatic heterocycles. The molecule has 10 rings (SSSR count). The molecule has 0 aromatic heterocycles. The number of nitrogens with two attached hydrogens (primary N) is 1. The van der Waals surface area contributed by atoms with Gasteiger partial charge in [0.15, 0.2) is 0 Å². The maximum atomic E-state index is 11.7. The van der Waals surface area contributed by atoms with Crippen LogP contribution < -0.4 is 5.73 Å². The second-order valence-electron chi connectivity index (χ2n) is 14.7. The molecule has 6 bridgehead atoms. The van der Waals surface area contributed by atoms with Crippen molar-refractivity contribution in [1.82, 2.24) is 0 Å². The Morgan fingerprint density at radius 3 is 1.83 bits per heavy atom. The molecule has 0 saturated heterocycles. The third-order valence-corrected chi connectivity index (χ3v) is 15.1. The highest BCUT2D eigenvalue weighted by Gasteiger charge is 2.90. The van der Waals surface area contributed by atoms with Crippen LogP contribution in [-0.2, 0) is 0 Å². The number of nitro benzene ring substituents is 1. The zero-order valence-electron chi connectivity index (χ0n) is 21.2. The van der Waals surface area contributed by atoms with Crippen LogP contribution in [0.3, 0.4) is 0 Å². The van der Waals surface area contributed by atoms with E-state index in [0.29, 0.717) is 63.9 Å². The third-order valence-electron chi connectivity index (χ3n) is 15.1. The van der Waals surface area contributed by atoms with Gasteiger partial charge >= 0.3 is 0 Å². The van der Waals surface area contributed by atoms with Crippen molar-refractivity contribution in [2.24, 2.45) is 81.8 Å². The van der Waals surface area contributed by atoms with Gasteiger partial charge in [0.25, 0.3) is 5.69 Å². The Balaban J connectivity index is 1.13. The van der Waals surface area contributed by atoms with Gasteiger partial charge in [0.2, 0.25) is 0 Å². The van der Waals surface area contributed by atoms with Gasteiger partial charge in [0.1, 0.15) is 5.69 Å². The number of anilines is 1. The second-order valence-corrected chi connectivity index (χ2v) is 14.7. The summed E-state index contributed by atoms with van der Waals surface area (Å²) in [5.41, 5.74) is 9.84. The summed E-state index contributed by atoms with van der Waals surface area (Å²) in [6.45, 7) is 5.72. The first-order valence-electron chi connectivity index (χ1n) is 14.6. The Morgan fingerprint density at radius 2 is 1.36 bits per heavy atom. The topological polar surface area (TPSA) is 110 Å². The van der Waals surface area contributed by atoms with E-state index in [0.717, 1.165) is 41.9 Å². The number of nitrogen functional groups attached to an aromatic ring is 1. The van der Waals surface area contributed by atoms with Gasteiger partial charge < -0.3 is 15.9 Å². The Bertz CT molecular complexity index is 1230. The Kier molecular flexibility index (Phi) is 3.63. The molecule has 8 fully saturated rings. The second kappa shape index (κ2) is 6.14. The highest BCUT2D eigenvalue weighted by molar-refractivity contribution is 5.66. The van der Waals surface area contributed by atoms with Gasteiger partial charge in [-0.2, -0.15) is 0 Å². The van der Waals surface area contributed by atoms with E-state index in [1.54, 1.807) is 0 Å². The molecular formula is C30H38N2O4. The quantitative estimate of drug-likeness (QED) is 0.252. The van der Waals surface area contributed by atoms with Crippen LogP contribution in [0.4, 0.5) is 11.4 Å². The minimum Gasteiger partial charge on any atom is -0.396 e. The lowest BCUT2D eigenvalue weighted by Gasteiger charge is -2.85. The van der Waals surface area contributed by atoms with E-state index in [9.17, 15) is 20.3 Å². The molecule has 8 saturated carbocycles. The fourth-order valence-electron chi connectivity index (χ4n) is 14.7. The van der Waals surface area contributed by atoms with E-state index in [4.69, 9.17) is 5.73 Å². The summed E-state index contributed by atoms with van der Waals surface area (Å²) in [6, 6.07) is 3.79. The fourth-order valence-corrected chi connectivity index (χ4v) is 14.7. The largest absolute Gasteiger partial charge is 0.396 e. The Morgan fingerprint density at radius 1 is 0.861 bits per heavy atom. The summed E-state index contributed by atoms with van der Waals surface area (Å²) in [6.07, 6.45) is 5.03. The maximum absolute atomic E-state index is 11.7. The molecule has 1 aromatic rings. The standard InChI is InChI=1S/C30H38N2O4/c1-29-25-15-5-16(14-8-22(32(35)36)21(31)7-13(14)15)26(25)30(29,2)28-18-6-17(27(28)29)23-11-3-4-12(24(18)23)20(10-34)19(11)9-33/h7-8,11-12,15-20,23-28,33-34H,3-6,9-10,31H2,1-2H3/t11-,12+,15+,16-,17-,18+,19-,20-,23+,24-,25+,26-,27-,28+,29+,30-/m1/s1. The van der Waals surface area contributed by atoms with Crippen molar-refractivity contribution in [3.05, 3.63) is 33.4 Å². The molecule has 16 atom stereocenters. The molecule has 0 amide bonds. The minimum atomic E-state index is -0.309. The van der Waals surface area contributed by atoms with E-state index in [2.05, 4.69) is 13.8 Å². The van der Waals surface area contributed by atoms with Crippen molar-refractivity contribution >= 4 is 11.4 Å². The first kappa shape index (κ1) is 21.3. The predicted molar refractivity (Wildman–Crippen MR) is 134 cm³/mol. The molecule has 6 nitrogen and oxygen atoms in total. The number of fused-ring (bicyclic) bond motifs is 20. The summed E-state index contributed by atoms with van der Waals surface area (Å²) < 4.78 is 0. The van der Waals surface area contributed by atoms with Crippen LogP contribution in [0.15, 0.2) is 12.1 Å². The number of benzene rings is 1. The SMILES string of the molecule is C[C@@]12[C@H]3[C@H]4C[C@H]([C@@H]5[C@@H]6CC[C@@H]([C@@H](CO)[C@@H]6CO)[C@H]45)[C@H]3[C@]1(C)[C@@H]1[C@H]2[C@@H]2C[C@H]1c1cc(N)c([N+](=O)[O-])cc12. The lowest BCUT2D eigenvalue weighted by molar-refractivity contribution is -0.384. The summed E-state index contributed by atoms with van der Waals surface area (Å²) >= 11 is 0. The van der Waals surface area contributed by atoms with Gasteiger partial charge in [-0.05, 0) is 137 Å². The van der Waals surface area contributed by atoms with Crippen molar-refractivity contribution in [2.75, 3.05) is 18.9 Å². The van der Waals surface area contributed by atoms with E-state index in [1.807, 2.05) is 12.1 Å². The molecule has 36 heavy (non-hydrogen) atoms. The average molecular weight is 491 g/mol. The van der Waals surface area contributed by atoms with Gasteiger partial charge in [-0.25, -0.2) is 0 Å². The third kappa shape index (κ3) is 1.81. The first-order valence-corrected chi connectivity index (χ1v) is 14.6. The van der Waals surface area contributed by atoms with Crippen LogP contribution in [0.1, 0.15) is 62.5 Å². The van der Waals surface area contributed by atoms with E-state index in [1.165, 1.54) is 30.4 Å². The molecule has 4 N–H and O–H groups in total. The molecule has 0 unspecified atom stereocenters. The van der Waals surface area contributed by atoms with Gasteiger partial charge in [-0.15, -0.1) is 0 Å². The molecule has 6 heteroatoms. The molecule has 1 aromatic carbocycles. The van der Waals surface area contributed by atoms with Crippen LogP contribution in [0, 0.1) is 92.0 Å². The number of hydrogen-bond acceptors (Lipinski definition) is 5. The Labute approximate surface area is 212 Å². The zero-order chi connectivity index (χ0) is 24.6. The predicted octanol–water partition coefficient (Wildman–Crippen LogP) is 4.41. The Hall–Kier alpha value is -1.66. The monoisotopic (exact) mass is 490 g/mol. The van der Waals surface area contributed by atoms with Crippen LogP contribution in [0.25, 0.3) is 0 Å². The van der Waals surface area contributed by atoms with E-state index in [-0.39, 0.29) is 23.8 Å². The van der Waals surface area contributed by atoms with Crippen molar-refractivity contribution in [3.63, 3.8) is 0 Å². The van der Waals surface area contributed by atoms with Crippen LogP contribution in [0.5, 0.6) is 0 Å². The summed E-state index contributed by atoms with van der Waals surface area (Å²) in [5.74, 6) is 8.79. The molecule has 0 spiro atoms. The molecule has 192 valence electrons. The fraction of sp³-hybridized carbons (Fsp3) is 0.800. The van der Waals surface area contributed by atoms with Crippen LogP contribution in [0.2, 0.25) is 0 Å². The summed E-state index contributed by atoms with van der Waals surface area (Å²) in [4.78, 5) is 11.3. The van der Waals surface area contributed by atoms with Gasteiger partial charge in [0.05, 0.1) is 4.92 Å². The van der Waals surface area contributed by atoms with Gasteiger partial charge in [-0.3, -0.25) is 10.1 Å². The van der Waals surface area contributed by atoms with Gasteiger partial charge in [-0.1, -0.05) is 13.8 Å². The molecule has 0 heterocycles. The number of aliphatic hydroxyl groups is 2. The lowest BCUT2D eigenvalue weighted by Crippen LogP contribution is -2.81. The lowest BCUT2D eigenvalue weighted by atomic mass is 9.18. The van der Waals surface area contributed by atoms with Crippen molar-refractivity contribution in [2.45, 2.75) is 51.4 Å². The number of hydrogen-bond donors (Lipinski definition) is 3. The molecule has 9 aliphatic rings. The summed E-state index contributed by atoms with van der Waals surface area (Å²) in [5, 5.41) is 32.3. The number of rotatable bonds is 3. The van der Waals surface area contributed by atoms with Gasteiger partial charge in [0, 0.05) is 19.3 Å². The van der Waals surface area contributed by atoms with E-state index < -0.39 is 0 Å². The van der Waals surface area contributed by atoms with Crippen molar-refractivity contribution < 1.29 is 15.1 Å². The number of aliphatic hydroxyl groups excluding tert-OH is 2. The molecule has 9 aliphatic carbocycles. The average Bonchev–Trinajstić information content (AvgIpc) is 3.63.